The topological polar surface area (TPSA) is 29.5 Å². The van der Waals surface area contributed by atoms with Crippen LogP contribution in [0.1, 0.15) is 47.0 Å². The normalized spacial score (nSPS) is 21.9. The highest BCUT2D eigenvalue weighted by atomic mass is 35.5. The maximum atomic E-state index is 12.1. The van der Waals surface area contributed by atoms with E-state index in [0.717, 1.165) is 32.4 Å². The van der Waals surface area contributed by atoms with Gasteiger partial charge in [-0.05, 0) is 51.9 Å². The van der Waals surface area contributed by atoms with Gasteiger partial charge in [0.05, 0.1) is 0 Å². The van der Waals surface area contributed by atoms with Gasteiger partial charge in [-0.1, -0.05) is 37.3 Å². The summed E-state index contributed by atoms with van der Waals surface area (Å²) in [5, 5.41) is 0.697. The first-order valence-corrected chi connectivity index (χ1v) is 8.06. The summed E-state index contributed by atoms with van der Waals surface area (Å²) in [6.45, 7) is 13.1. The lowest BCUT2D eigenvalue weighted by molar-refractivity contribution is 0.0157. The zero-order valence-electron chi connectivity index (χ0n) is 13.7. The highest BCUT2D eigenvalue weighted by Gasteiger charge is 2.28. The van der Waals surface area contributed by atoms with Gasteiger partial charge in [-0.3, -0.25) is 0 Å². The molecule has 0 bridgehead atoms. The molecule has 1 saturated heterocycles. The van der Waals surface area contributed by atoms with Crippen LogP contribution >= 0.6 is 11.6 Å². The summed E-state index contributed by atoms with van der Waals surface area (Å²) in [6.07, 6.45) is 6.72. The van der Waals surface area contributed by atoms with Gasteiger partial charge in [0, 0.05) is 18.1 Å². The van der Waals surface area contributed by atoms with E-state index in [2.05, 4.69) is 13.5 Å². The van der Waals surface area contributed by atoms with Crippen molar-refractivity contribution < 1.29 is 9.53 Å². The summed E-state index contributed by atoms with van der Waals surface area (Å²) in [5.41, 5.74) is -0.433. The van der Waals surface area contributed by atoms with Crippen molar-refractivity contribution >= 4 is 17.7 Å². The van der Waals surface area contributed by atoms with E-state index in [1.807, 2.05) is 31.7 Å². The Morgan fingerprint density at radius 2 is 2.19 bits per heavy atom. The number of hydrogen-bond donors (Lipinski definition) is 0. The Balaban J connectivity index is 2.52. The van der Waals surface area contributed by atoms with Gasteiger partial charge in [-0.25, -0.2) is 4.79 Å². The van der Waals surface area contributed by atoms with Crippen LogP contribution in [0.3, 0.4) is 0 Å². The summed E-state index contributed by atoms with van der Waals surface area (Å²) in [7, 11) is 0. The van der Waals surface area contributed by atoms with Gasteiger partial charge in [0.15, 0.2) is 0 Å². The number of carbonyl (C=O) groups is 1. The molecule has 0 saturated carbocycles. The zero-order valence-corrected chi connectivity index (χ0v) is 14.4. The second kappa shape index (κ2) is 7.88. The minimum absolute atomic E-state index is 0.195. The molecule has 1 amide bonds. The summed E-state index contributed by atoms with van der Waals surface area (Å²) in [5.74, 6) is 0.894. The number of hydrogen-bond acceptors (Lipinski definition) is 2. The molecule has 21 heavy (non-hydrogen) atoms. The van der Waals surface area contributed by atoms with Gasteiger partial charge in [0.1, 0.15) is 5.60 Å². The molecule has 1 heterocycles. The molecule has 2 atom stereocenters. The van der Waals surface area contributed by atoms with Gasteiger partial charge in [0.2, 0.25) is 0 Å². The number of carbonyl (C=O) groups excluding carboxylic acids is 1. The third-order valence-electron chi connectivity index (χ3n) is 3.51. The van der Waals surface area contributed by atoms with Crippen molar-refractivity contribution in [3.05, 3.63) is 23.8 Å². The maximum Gasteiger partial charge on any atom is 0.410 e. The second-order valence-corrected chi connectivity index (χ2v) is 7.34. The van der Waals surface area contributed by atoms with Crippen molar-refractivity contribution in [2.45, 2.75) is 52.6 Å². The maximum absolute atomic E-state index is 12.1. The average Bonchev–Trinajstić information content (AvgIpc) is 2.36. The van der Waals surface area contributed by atoms with Crippen molar-refractivity contribution in [3.63, 3.8) is 0 Å². The van der Waals surface area contributed by atoms with Gasteiger partial charge in [0.25, 0.3) is 0 Å². The Bertz CT molecular complexity index is 398. The quantitative estimate of drug-likeness (QED) is 0.686. The fraction of sp³-hybridized carbons (Fsp3) is 0.706. The molecule has 1 unspecified atom stereocenters. The van der Waals surface area contributed by atoms with Crippen molar-refractivity contribution in [3.8, 4) is 0 Å². The van der Waals surface area contributed by atoms with E-state index in [0.29, 0.717) is 16.9 Å². The van der Waals surface area contributed by atoms with Crippen LogP contribution in [0.4, 0.5) is 4.79 Å². The lowest BCUT2D eigenvalue weighted by Gasteiger charge is -2.34. The predicted molar refractivity (Wildman–Crippen MR) is 88.4 cm³/mol. The molecule has 1 rings (SSSR count). The minimum Gasteiger partial charge on any atom is -0.444 e. The predicted octanol–water partition coefficient (Wildman–Crippen LogP) is 4.97. The molecule has 1 aliphatic heterocycles. The standard InChI is InChI=1S/C17H28ClNO2/c1-6-15(18)11-13(2)10-14-8-7-9-19(12-14)16(20)21-17(3,4)5/h6,11,13-14H,1,7-10,12H2,2-5H3/b15-11+/t13?,14-/m0/s1. The van der Waals surface area contributed by atoms with Crippen molar-refractivity contribution in [2.75, 3.05) is 13.1 Å². The number of nitrogens with zero attached hydrogens (tertiary/aromatic N) is 1. The van der Waals surface area contributed by atoms with E-state index in [1.165, 1.54) is 0 Å². The van der Waals surface area contributed by atoms with Crippen molar-refractivity contribution in [1.29, 1.82) is 0 Å². The van der Waals surface area contributed by atoms with Crippen LogP contribution < -0.4 is 0 Å². The molecular formula is C17H28ClNO2. The molecule has 0 aromatic heterocycles. The minimum atomic E-state index is -0.433. The number of likely N-dealkylation sites (tertiary alicyclic amines) is 1. The third-order valence-corrected chi connectivity index (χ3v) is 3.79. The molecule has 0 aromatic rings. The highest BCUT2D eigenvalue weighted by Crippen LogP contribution is 2.26. The summed E-state index contributed by atoms with van der Waals surface area (Å²) < 4.78 is 5.45. The number of halogens is 1. The van der Waals surface area contributed by atoms with Crippen LogP contribution in [-0.2, 0) is 4.74 Å². The molecule has 0 aromatic carbocycles. The molecule has 120 valence electrons. The smallest absolute Gasteiger partial charge is 0.410 e. The number of piperidine rings is 1. The monoisotopic (exact) mass is 313 g/mol. The molecule has 1 aliphatic rings. The second-order valence-electron chi connectivity index (χ2n) is 6.90. The van der Waals surface area contributed by atoms with E-state index in [9.17, 15) is 4.79 Å². The van der Waals surface area contributed by atoms with Crippen LogP contribution in [0.5, 0.6) is 0 Å². The first kappa shape index (κ1) is 18.1. The summed E-state index contributed by atoms with van der Waals surface area (Å²) >= 11 is 5.99. The van der Waals surface area contributed by atoms with Crippen LogP contribution in [0.15, 0.2) is 23.8 Å². The highest BCUT2D eigenvalue weighted by molar-refractivity contribution is 6.31. The molecule has 0 radical (unpaired) electrons. The zero-order chi connectivity index (χ0) is 16.0. The molecular weight excluding hydrogens is 286 g/mol. The number of rotatable bonds is 4. The van der Waals surface area contributed by atoms with Crippen LogP contribution in [0, 0.1) is 11.8 Å². The fourth-order valence-electron chi connectivity index (χ4n) is 2.68. The van der Waals surface area contributed by atoms with E-state index in [4.69, 9.17) is 16.3 Å². The summed E-state index contributed by atoms with van der Waals surface area (Å²) in [6, 6.07) is 0. The fourth-order valence-corrected chi connectivity index (χ4v) is 2.90. The van der Waals surface area contributed by atoms with Crippen LogP contribution in [0.25, 0.3) is 0 Å². The van der Waals surface area contributed by atoms with Gasteiger partial charge in [-0.2, -0.15) is 0 Å². The Hall–Kier alpha value is -0.960. The van der Waals surface area contributed by atoms with Gasteiger partial charge >= 0.3 is 6.09 Å². The molecule has 3 nitrogen and oxygen atoms in total. The average molecular weight is 314 g/mol. The lowest BCUT2D eigenvalue weighted by Crippen LogP contribution is -2.43. The first-order chi connectivity index (χ1) is 9.71. The van der Waals surface area contributed by atoms with E-state index in [-0.39, 0.29) is 6.09 Å². The Morgan fingerprint density at radius 3 is 2.76 bits per heavy atom. The third kappa shape index (κ3) is 7.03. The van der Waals surface area contributed by atoms with Gasteiger partial charge in [-0.15, -0.1) is 0 Å². The molecule has 0 aliphatic carbocycles. The van der Waals surface area contributed by atoms with Gasteiger partial charge < -0.3 is 9.64 Å². The number of amides is 1. The van der Waals surface area contributed by atoms with Crippen LogP contribution in [-0.4, -0.2) is 29.7 Å². The number of allylic oxidation sites excluding steroid dienone is 3. The number of ether oxygens (including phenoxy) is 1. The molecule has 1 fully saturated rings. The summed E-state index contributed by atoms with van der Waals surface area (Å²) in [4.78, 5) is 14.0. The Morgan fingerprint density at radius 1 is 1.52 bits per heavy atom. The van der Waals surface area contributed by atoms with E-state index < -0.39 is 5.60 Å². The largest absolute Gasteiger partial charge is 0.444 e. The van der Waals surface area contributed by atoms with Crippen LogP contribution in [0.2, 0.25) is 0 Å². The Labute approximate surface area is 134 Å². The van der Waals surface area contributed by atoms with Crippen molar-refractivity contribution in [2.24, 2.45) is 11.8 Å². The molecule has 0 N–H and O–H groups in total. The SMILES string of the molecule is C=C/C(Cl)=C\C(C)C[C@@H]1CCCN(C(=O)OC(C)(C)C)C1. The van der Waals surface area contributed by atoms with E-state index >= 15 is 0 Å². The first-order valence-electron chi connectivity index (χ1n) is 7.69. The molecule has 4 heteroatoms. The molecule has 0 spiro atoms. The lowest BCUT2D eigenvalue weighted by atomic mass is 9.89. The van der Waals surface area contributed by atoms with Crippen molar-refractivity contribution in [1.82, 2.24) is 4.90 Å². The Kier molecular flexibility index (Phi) is 6.79. The van der Waals surface area contributed by atoms with E-state index in [1.54, 1.807) is 6.08 Å².